The number of hydrogen-bond acceptors (Lipinski definition) is 6. The van der Waals surface area contributed by atoms with E-state index in [1.807, 2.05) is 0 Å². The van der Waals surface area contributed by atoms with Crippen molar-refractivity contribution in [3.63, 3.8) is 0 Å². The summed E-state index contributed by atoms with van der Waals surface area (Å²) in [7, 11) is 0. The van der Waals surface area contributed by atoms with Crippen molar-refractivity contribution in [3.05, 3.63) is 33.9 Å². The average molecular weight is 253 g/mol. The molecule has 0 aliphatic carbocycles. The second kappa shape index (κ2) is 5.76. The molecule has 1 rings (SSSR count). The number of ether oxygens (including phenoxy) is 2. The maximum atomic E-state index is 11.6. The number of carbonyl (C=O) groups is 2. The molecule has 0 aliphatic rings. The van der Waals surface area contributed by atoms with Crippen molar-refractivity contribution in [2.45, 2.75) is 13.8 Å². The monoisotopic (exact) mass is 253 g/mol. The van der Waals surface area contributed by atoms with Gasteiger partial charge in [-0.15, -0.1) is 0 Å². The lowest BCUT2D eigenvalue weighted by atomic mass is 10.2. The molecule has 0 aromatic heterocycles. The highest BCUT2D eigenvalue weighted by molar-refractivity contribution is 5.94. The molecule has 0 saturated heterocycles. The van der Waals surface area contributed by atoms with Crippen molar-refractivity contribution in [2.24, 2.45) is 0 Å². The Hall–Kier alpha value is -2.44. The molecular weight excluding hydrogens is 242 g/mol. The molecular formula is C11H11NO6. The van der Waals surface area contributed by atoms with Crippen LogP contribution >= 0.6 is 0 Å². The Kier molecular flexibility index (Phi) is 4.36. The molecule has 0 amide bonds. The molecule has 0 heterocycles. The minimum atomic E-state index is -0.780. The molecule has 0 bridgehead atoms. The van der Waals surface area contributed by atoms with Gasteiger partial charge in [-0.3, -0.25) is 14.9 Å². The first kappa shape index (κ1) is 13.6. The van der Waals surface area contributed by atoms with E-state index in [9.17, 15) is 19.7 Å². The summed E-state index contributed by atoms with van der Waals surface area (Å²) in [6.07, 6.45) is 0. The van der Waals surface area contributed by atoms with Gasteiger partial charge in [0.1, 0.15) is 11.3 Å². The zero-order valence-corrected chi connectivity index (χ0v) is 9.84. The molecule has 96 valence electrons. The summed E-state index contributed by atoms with van der Waals surface area (Å²) < 4.78 is 9.52. The third kappa shape index (κ3) is 3.27. The minimum absolute atomic E-state index is 0.0634. The normalized spacial score (nSPS) is 9.67. The standard InChI is InChI=1S/C11H11NO6/c1-3-17-11(14)9-6-8(12(15)16)4-5-10(9)18-7(2)13/h4-6H,3H2,1-2H3. The minimum Gasteiger partial charge on any atom is -0.462 e. The molecule has 0 radical (unpaired) electrons. The fourth-order valence-corrected chi connectivity index (χ4v) is 1.24. The van der Waals surface area contributed by atoms with Gasteiger partial charge in [0.2, 0.25) is 0 Å². The van der Waals surface area contributed by atoms with E-state index in [-0.39, 0.29) is 23.6 Å². The Morgan fingerprint density at radius 1 is 1.39 bits per heavy atom. The third-order valence-corrected chi connectivity index (χ3v) is 1.92. The maximum Gasteiger partial charge on any atom is 0.342 e. The Morgan fingerprint density at radius 3 is 2.56 bits per heavy atom. The van der Waals surface area contributed by atoms with Gasteiger partial charge >= 0.3 is 11.9 Å². The number of nitrogens with zero attached hydrogens (tertiary/aromatic N) is 1. The van der Waals surface area contributed by atoms with E-state index in [1.165, 1.54) is 6.07 Å². The van der Waals surface area contributed by atoms with Crippen molar-refractivity contribution in [2.75, 3.05) is 6.61 Å². The molecule has 0 unspecified atom stereocenters. The van der Waals surface area contributed by atoms with Crippen LogP contribution in [0.2, 0.25) is 0 Å². The number of hydrogen-bond donors (Lipinski definition) is 0. The number of nitro benzene ring substituents is 1. The summed E-state index contributed by atoms with van der Waals surface area (Å²) in [5, 5.41) is 10.6. The zero-order chi connectivity index (χ0) is 13.7. The molecule has 7 nitrogen and oxygen atoms in total. The lowest BCUT2D eigenvalue weighted by Crippen LogP contribution is -2.10. The van der Waals surface area contributed by atoms with E-state index < -0.39 is 16.9 Å². The van der Waals surface area contributed by atoms with Crippen LogP contribution in [-0.4, -0.2) is 23.5 Å². The predicted octanol–water partition coefficient (Wildman–Crippen LogP) is 1.70. The van der Waals surface area contributed by atoms with Crippen LogP contribution in [0.3, 0.4) is 0 Å². The highest BCUT2D eigenvalue weighted by atomic mass is 16.6. The summed E-state index contributed by atoms with van der Waals surface area (Å²) in [6, 6.07) is 3.34. The smallest absolute Gasteiger partial charge is 0.342 e. The van der Waals surface area contributed by atoms with Gasteiger partial charge in [0.15, 0.2) is 0 Å². The molecule has 0 fully saturated rings. The summed E-state index contributed by atoms with van der Waals surface area (Å²) >= 11 is 0. The molecule has 0 spiro atoms. The number of benzene rings is 1. The van der Waals surface area contributed by atoms with Gasteiger partial charge in [-0.25, -0.2) is 4.79 Å². The fraction of sp³-hybridized carbons (Fsp3) is 0.273. The Balaban J connectivity index is 3.21. The molecule has 7 heteroatoms. The lowest BCUT2D eigenvalue weighted by Gasteiger charge is -2.07. The van der Waals surface area contributed by atoms with Gasteiger partial charge in [-0.2, -0.15) is 0 Å². The van der Waals surface area contributed by atoms with Crippen molar-refractivity contribution >= 4 is 17.6 Å². The molecule has 0 atom stereocenters. The molecule has 0 saturated carbocycles. The van der Waals surface area contributed by atoms with Crippen LogP contribution in [0.5, 0.6) is 5.75 Å². The van der Waals surface area contributed by atoms with Gasteiger partial charge in [0, 0.05) is 19.1 Å². The zero-order valence-electron chi connectivity index (χ0n) is 9.84. The van der Waals surface area contributed by atoms with E-state index in [0.717, 1.165) is 19.1 Å². The summed E-state index contributed by atoms with van der Waals surface area (Å²) in [6.45, 7) is 2.87. The van der Waals surface area contributed by atoms with Gasteiger partial charge < -0.3 is 9.47 Å². The topological polar surface area (TPSA) is 95.7 Å². The quantitative estimate of drug-likeness (QED) is 0.350. The molecule has 18 heavy (non-hydrogen) atoms. The average Bonchev–Trinajstić information content (AvgIpc) is 2.28. The lowest BCUT2D eigenvalue weighted by molar-refractivity contribution is -0.384. The first-order chi connectivity index (χ1) is 8.45. The van der Waals surface area contributed by atoms with Crippen molar-refractivity contribution in [3.8, 4) is 5.75 Å². The SMILES string of the molecule is CCOC(=O)c1cc([N+](=O)[O-])ccc1OC(C)=O. The Morgan fingerprint density at radius 2 is 2.06 bits per heavy atom. The van der Waals surface area contributed by atoms with Crippen LogP contribution in [0.15, 0.2) is 18.2 Å². The first-order valence-electron chi connectivity index (χ1n) is 5.09. The van der Waals surface area contributed by atoms with Crippen LogP contribution in [0.1, 0.15) is 24.2 Å². The van der Waals surface area contributed by atoms with Gasteiger partial charge in [0.25, 0.3) is 5.69 Å². The summed E-state index contributed by atoms with van der Waals surface area (Å²) in [5.74, 6) is -1.47. The van der Waals surface area contributed by atoms with Gasteiger partial charge in [-0.1, -0.05) is 0 Å². The van der Waals surface area contributed by atoms with Crippen molar-refractivity contribution in [1.29, 1.82) is 0 Å². The number of esters is 2. The summed E-state index contributed by atoms with van der Waals surface area (Å²) in [5.41, 5.74) is -0.435. The van der Waals surface area contributed by atoms with Crippen molar-refractivity contribution in [1.82, 2.24) is 0 Å². The van der Waals surface area contributed by atoms with Crippen LogP contribution in [-0.2, 0) is 9.53 Å². The van der Waals surface area contributed by atoms with Crippen LogP contribution in [0.4, 0.5) is 5.69 Å². The number of rotatable bonds is 4. The van der Waals surface area contributed by atoms with Gasteiger partial charge in [-0.05, 0) is 13.0 Å². The third-order valence-electron chi connectivity index (χ3n) is 1.92. The largest absolute Gasteiger partial charge is 0.462 e. The van der Waals surface area contributed by atoms with E-state index in [4.69, 9.17) is 9.47 Å². The Bertz CT molecular complexity index is 496. The molecule has 0 N–H and O–H groups in total. The maximum absolute atomic E-state index is 11.6. The fourth-order valence-electron chi connectivity index (χ4n) is 1.24. The van der Waals surface area contributed by atoms with Crippen LogP contribution in [0, 0.1) is 10.1 Å². The van der Waals surface area contributed by atoms with Crippen LogP contribution < -0.4 is 4.74 Å². The second-order valence-corrected chi connectivity index (χ2v) is 3.25. The molecule has 1 aromatic carbocycles. The van der Waals surface area contributed by atoms with E-state index >= 15 is 0 Å². The first-order valence-corrected chi connectivity index (χ1v) is 5.09. The molecule has 1 aromatic rings. The van der Waals surface area contributed by atoms with E-state index in [2.05, 4.69) is 0 Å². The Labute approximate surface area is 102 Å². The van der Waals surface area contributed by atoms with Crippen LogP contribution in [0.25, 0.3) is 0 Å². The highest BCUT2D eigenvalue weighted by Gasteiger charge is 2.19. The van der Waals surface area contributed by atoms with E-state index in [1.54, 1.807) is 6.92 Å². The number of carbonyl (C=O) groups excluding carboxylic acids is 2. The highest BCUT2D eigenvalue weighted by Crippen LogP contribution is 2.25. The van der Waals surface area contributed by atoms with Gasteiger partial charge in [0.05, 0.1) is 11.5 Å². The predicted molar refractivity (Wildman–Crippen MR) is 60.4 cm³/mol. The molecule has 0 aliphatic heterocycles. The van der Waals surface area contributed by atoms with E-state index in [0.29, 0.717) is 0 Å². The summed E-state index contributed by atoms with van der Waals surface area (Å²) in [4.78, 5) is 32.4. The number of non-ortho nitro benzene ring substituents is 1. The second-order valence-electron chi connectivity index (χ2n) is 3.25. The number of nitro groups is 1. The van der Waals surface area contributed by atoms with Crippen molar-refractivity contribution < 1.29 is 24.0 Å².